The number of rotatable bonds is 6. The van der Waals surface area contributed by atoms with Crippen LogP contribution >= 0.6 is 24.8 Å². The van der Waals surface area contributed by atoms with Gasteiger partial charge in [-0.05, 0) is 19.7 Å². The van der Waals surface area contributed by atoms with Crippen molar-refractivity contribution in [2.24, 2.45) is 0 Å². The number of piperazine rings is 1. The van der Waals surface area contributed by atoms with E-state index in [1.54, 1.807) is 0 Å². The lowest BCUT2D eigenvalue weighted by atomic mass is 10.1. The molecule has 5 nitrogen and oxygen atoms in total. The average molecular weight is 363 g/mol. The van der Waals surface area contributed by atoms with Crippen molar-refractivity contribution in [3.63, 3.8) is 0 Å². The first-order valence-electron chi connectivity index (χ1n) is 7.60. The first-order chi connectivity index (χ1) is 10.2. The lowest BCUT2D eigenvalue weighted by molar-refractivity contribution is -0.125. The molecule has 0 aliphatic carbocycles. The van der Waals surface area contributed by atoms with E-state index in [9.17, 15) is 4.79 Å². The summed E-state index contributed by atoms with van der Waals surface area (Å²) in [4.78, 5) is 16.8. The number of halogens is 2. The maximum Gasteiger partial charge on any atom is 0.241 e. The smallest absolute Gasteiger partial charge is 0.241 e. The van der Waals surface area contributed by atoms with Crippen molar-refractivity contribution >= 4 is 30.7 Å². The second-order valence-corrected chi connectivity index (χ2v) is 5.66. The molecule has 1 saturated heterocycles. The van der Waals surface area contributed by atoms with Gasteiger partial charge in [0.05, 0.1) is 0 Å². The number of benzene rings is 1. The van der Waals surface area contributed by atoms with E-state index in [0.29, 0.717) is 6.54 Å². The number of amides is 1. The van der Waals surface area contributed by atoms with Crippen LogP contribution in [0.2, 0.25) is 0 Å². The van der Waals surface area contributed by atoms with Gasteiger partial charge in [-0.1, -0.05) is 30.3 Å². The third-order valence-electron chi connectivity index (χ3n) is 3.82. The summed E-state index contributed by atoms with van der Waals surface area (Å²) < 4.78 is 0. The topological polar surface area (TPSA) is 47.6 Å². The molecule has 1 amide bonds. The van der Waals surface area contributed by atoms with Crippen LogP contribution in [0, 0.1) is 0 Å². The first-order valence-corrected chi connectivity index (χ1v) is 7.60. The van der Waals surface area contributed by atoms with Crippen molar-refractivity contribution in [3.8, 4) is 0 Å². The van der Waals surface area contributed by atoms with Gasteiger partial charge in [-0.2, -0.15) is 0 Å². The molecule has 7 heteroatoms. The van der Waals surface area contributed by atoms with E-state index in [1.807, 2.05) is 49.3 Å². The third-order valence-corrected chi connectivity index (χ3v) is 3.82. The molecule has 2 rings (SSSR count). The van der Waals surface area contributed by atoms with Crippen LogP contribution in [-0.2, 0) is 4.79 Å². The second-order valence-electron chi connectivity index (χ2n) is 5.66. The molecule has 0 spiro atoms. The zero-order valence-corrected chi connectivity index (χ0v) is 15.5. The highest BCUT2D eigenvalue weighted by Crippen LogP contribution is 2.17. The van der Waals surface area contributed by atoms with Gasteiger partial charge in [-0.15, -0.1) is 24.8 Å². The minimum Gasteiger partial charge on any atom is -0.353 e. The van der Waals surface area contributed by atoms with Crippen LogP contribution in [0.25, 0.3) is 0 Å². The van der Waals surface area contributed by atoms with Gasteiger partial charge in [-0.25, -0.2) is 0 Å². The van der Waals surface area contributed by atoms with Crippen molar-refractivity contribution < 1.29 is 4.79 Å². The molecule has 132 valence electrons. The monoisotopic (exact) mass is 362 g/mol. The molecule has 1 unspecified atom stereocenters. The molecule has 23 heavy (non-hydrogen) atoms. The quantitative estimate of drug-likeness (QED) is 0.796. The standard InChI is InChI=1S/C16H26N4O.2ClH/c1-19(2)15(14-6-4-3-5-7-14)16(21)18-10-13-20-11-8-17-9-12-20;;/h3-7,15,17H,8-13H2,1-2H3,(H,18,21);2*1H. The molecule has 1 heterocycles. The number of carbonyl (C=O) groups excluding carboxylic acids is 1. The normalized spacial score (nSPS) is 16.1. The highest BCUT2D eigenvalue weighted by Gasteiger charge is 2.22. The fourth-order valence-corrected chi connectivity index (χ4v) is 2.69. The van der Waals surface area contributed by atoms with Gasteiger partial charge in [0.2, 0.25) is 5.91 Å². The predicted octanol–water partition coefficient (Wildman–Crippen LogP) is 1.15. The van der Waals surface area contributed by atoms with Crippen molar-refractivity contribution in [1.29, 1.82) is 0 Å². The van der Waals surface area contributed by atoms with E-state index in [1.165, 1.54) is 0 Å². The first kappa shape index (κ1) is 22.1. The minimum atomic E-state index is -0.228. The Morgan fingerprint density at radius 1 is 1.22 bits per heavy atom. The molecule has 1 aromatic carbocycles. The minimum absolute atomic E-state index is 0. The van der Waals surface area contributed by atoms with Crippen molar-refractivity contribution in [2.45, 2.75) is 6.04 Å². The molecule has 0 radical (unpaired) electrons. The molecule has 0 saturated carbocycles. The summed E-state index contributed by atoms with van der Waals surface area (Å²) in [5.74, 6) is 0.0707. The second kappa shape index (κ2) is 11.6. The predicted molar refractivity (Wildman–Crippen MR) is 99.7 cm³/mol. The average Bonchev–Trinajstić information content (AvgIpc) is 2.49. The van der Waals surface area contributed by atoms with Crippen LogP contribution in [0.5, 0.6) is 0 Å². The molecular weight excluding hydrogens is 335 g/mol. The Morgan fingerprint density at radius 2 is 1.83 bits per heavy atom. The Labute approximate surface area is 151 Å². The van der Waals surface area contributed by atoms with E-state index >= 15 is 0 Å². The molecular formula is C16H28Cl2N4O. The molecule has 1 fully saturated rings. The van der Waals surface area contributed by atoms with E-state index in [2.05, 4.69) is 15.5 Å². The summed E-state index contributed by atoms with van der Waals surface area (Å²) in [7, 11) is 3.88. The summed E-state index contributed by atoms with van der Waals surface area (Å²) in [5.41, 5.74) is 1.03. The lowest BCUT2D eigenvalue weighted by Crippen LogP contribution is -2.47. The summed E-state index contributed by atoms with van der Waals surface area (Å²) >= 11 is 0. The fraction of sp³-hybridized carbons (Fsp3) is 0.562. The van der Waals surface area contributed by atoms with E-state index in [4.69, 9.17) is 0 Å². The van der Waals surface area contributed by atoms with Crippen LogP contribution in [0.3, 0.4) is 0 Å². The summed E-state index contributed by atoms with van der Waals surface area (Å²) in [6.45, 7) is 5.83. The molecule has 1 aliphatic rings. The molecule has 1 aliphatic heterocycles. The van der Waals surface area contributed by atoms with Gasteiger partial charge in [0.1, 0.15) is 6.04 Å². The Balaban J connectivity index is 0.00000242. The molecule has 1 atom stereocenters. The third kappa shape index (κ3) is 7.06. The summed E-state index contributed by atoms with van der Waals surface area (Å²) in [6.07, 6.45) is 0. The Bertz CT molecular complexity index is 439. The van der Waals surface area contributed by atoms with Crippen LogP contribution in [0.1, 0.15) is 11.6 Å². The maximum absolute atomic E-state index is 12.4. The molecule has 2 N–H and O–H groups in total. The van der Waals surface area contributed by atoms with Gasteiger partial charge in [0, 0.05) is 39.3 Å². The van der Waals surface area contributed by atoms with Crippen molar-refractivity contribution in [3.05, 3.63) is 35.9 Å². The van der Waals surface area contributed by atoms with E-state index in [-0.39, 0.29) is 36.8 Å². The lowest BCUT2D eigenvalue weighted by Gasteiger charge is -2.28. The van der Waals surface area contributed by atoms with Crippen LogP contribution < -0.4 is 10.6 Å². The van der Waals surface area contributed by atoms with E-state index < -0.39 is 0 Å². The van der Waals surface area contributed by atoms with Crippen molar-refractivity contribution in [2.75, 3.05) is 53.4 Å². The number of nitrogens with one attached hydrogen (secondary N) is 2. The largest absolute Gasteiger partial charge is 0.353 e. The van der Waals surface area contributed by atoms with Crippen LogP contribution in [0.15, 0.2) is 30.3 Å². The summed E-state index contributed by atoms with van der Waals surface area (Å²) in [6, 6.07) is 9.69. The maximum atomic E-state index is 12.4. The number of nitrogens with zero attached hydrogens (tertiary/aromatic N) is 2. The van der Waals surface area contributed by atoms with Gasteiger partial charge in [0.15, 0.2) is 0 Å². The Morgan fingerprint density at radius 3 is 2.39 bits per heavy atom. The van der Waals surface area contributed by atoms with Crippen LogP contribution in [0.4, 0.5) is 0 Å². The number of hydrogen-bond acceptors (Lipinski definition) is 4. The highest BCUT2D eigenvalue weighted by atomic mass is 35.5. The molecule has 1 aromatic rings. The van der Waals surface area contributed by atoms with Crippen molar-refractivity contribution in [1.82, 2.24) is 20.4 Å². The molecule has 0 bridgehead atoms. The zero-order valence-electron chi connectivity index (χ0n) is 13.8. The highest BCUT2D eigenvalue weighted by molar-refractivity contribution is 5.85. The van der Waals surface area contributed by atoms with Crippen LogP contribution in [-0.4, -0.2) is 69.1 Å². The van der Waals surface area contributed by atoms with Gasteiger partial charge >= 0.3 is 0 Å². The summed E-state index contributed by atoms with van der Waals surface area (Å²) in [5, 5.41) is 6.40. The SMILES string of the molecule is CN(C)C(C(=O)NCCN1CCNCC1)c1ccccc1.Cl.Cl. The van der Waals surface area contributed by atoms with Gasteiger partial charge < -0.3 is 10.6 Å². The van der Waals surface area contributed by atoms with Gasteiger partial charge in [0.25, 0.3) is 0 Å². The molecule has 0 aromatic heterocycles. The number of carbonyl (C=O) groups is 1. The zero-order chi connectivity index (χ0) is 15.1. The Kier molecular flexibility index (Phi) is 11.2. The number of likely N-dealkylation sites (N-methyl/N-ethyl adjacent to an activating group) is 1. The van der Waals surface area contributed by atoms with Gasteiger partial charge in [-0.3, -0.25) is 14.6 Å². The number of hydrogen-bond donors (Lipinski definition) is 2. The fourth-order valence-electron chi connectivity index (χ4n) is 2.69. The Hall–Kier alpha value is -0.850. The van der Waals surface area contributed by atoms with E-state index in [0.717, 1.165) is 38.3 Å².